The van der Waals surface area contributed by atoms with Gasteiger partial charge in [0.2, 0.25) is 5.91 Å². The molecule has 6 heteroatoms. The molecule has 0 unspecified atom stereocenters. The van der Waals surface area contributed by atoms with Gasteiger partial charge in [0, 0.05) is 24.6 Å². The molecule has 0 aromatic heterocycles. The second kappa shape index (κ2) is 8.29. The zero-order valence-electron chi connectivity index (χ0n) is 13.6. The van der Waals surface area contributed by atoms with Crippen LogP contribution in [0.5, 0.6) is 11.5 Å². The minimum absolute atomic E-state index is 0.0247. The Bertz CT molecular complexity index is 719. The van der Waals surface area contributed by atoms with Crippen LogP contribution in [-0.4, -0.2) is 20.1 Å². The summed E-state index contributed by atoms with van der Waals surface area (Å²) in [7, 11) is 3.10. The van der Waals surface area contributed by atoms with Crippen LogP contribution in [-0.2, 0) is 17.8 Å². The lowest BCUT2D eigenvalue weighted by molar-refractivity contribution is -0.121. The van der Waals surface area contributed by atoms with E-state index >= 15 is 0 Å². The first-order valence-corrected chi connectivity index (χ1v) is 7.45. The van der Waals surface area contributed by atoms with Gasteiger partial charge in [0.25, 0.3) is 0 Å². The third-order valence-electron chi connectivity index (χ3n) is 3.58. The smallest absolute Gasteiger partial charge is 0.220 e. The van der Waals surface area contributed by atoms with E-state index in [1.807, 2.05) is 12.1 Å². The van der Waals surface area contributed by atoms with Crippen molar-refractivity contribution in [2.45, 2.75) is 19.4 Å². The number of ether oxygens (including phenoxy) is 2. The van der Waals surface area contributed by atoms with Crippen molar-refractivity contribution in [3.8, 4) is 11.5 Å². The van der Waals surface area contributed by atoms with Crippen LogP contribution in [0.4, 0.5) is 8.78 Å². The number of carbonyl (C=O) groups excluding carboxylic acids is 1. The summed E-state index contributed by atoms with van der Waals surface area (Å²) < 4.78 is 36.7. The average molecular weight is 335 g/mol. The molecule has 24 heavy (non-hydrogen) atoms. The summed E-state index contributed by atoms with van der Waals surface area (Å²) in [6, 6.07) is 8.72. The molecule has 2 aromatic carbocycles. The van der Waals surface area contributed by atoms with Gasteiger partial charge in [-0.05, 0) is 30.2 Å². The molecule has 2 rings (SSSR count). The van der Waals surface area contributed by atoms with Gasteiger partial charge in [0.05, 0.1) is 14.2 Å². The van der Waals surface area contributed by atoms with Gasteiger partial charge in [0.15, 0.2) is 11.5 Å². The standard InChI is InChI=1S/C18H19F2NO3/c1-23-16-7-3-12(9-17(16)24-2)4-8-18(22)21-11-13-5-6-14(19)10-15(13)20/h3,5-7,9-10H,4,8,11H2,1-2H3,(H,21,22). The number of methoxy groups -OCH3 is 2. The molecule has 4 nitrogen and oxygen atoms in total. The number of benzene rings is 2. The first kappa shape index (κ1) is 17.7. The molecule has 0 saturated heterocycles. The number of rotatable bonds is 7. The molecule has 0 spiro atoms. The van der Waals surface area contributed by atoms with E-state index < -0.39 is 11.6 Å². The Balaban J connectivity index is 1.87. The van der Waals surface area contributed by atoms with Crippen molar-refractivity contribution in [2.75, 3.05) is 14.2 Å². The molecule has 0 atom stereocenters. The summed E-state index contributed by atoms with van der Waals surface area (Å²) in [5.41, 5.74) is 1.17. The van der Waals surface area contributed by atoms with E-state index in [2.05, 4.69) is 5.32 Å². The lowest BCUT2D eigenvalue weighted by Gasteiger charge is -2.10. The fourth-order valence-electron chi connectivity index (χ4n) is 2.24. The number of carbonyl (C=O) groups is 1. The molecular weight excluding hydrogens is 316 g/mol. The minimum Gasteiger partial charge on any atom is -0.493 e. The Morgan fingerprint density at radius 2 is 1.79 bits per heavy atom. The van der Waals surface area contributed by atoms with Crippen LogP contribution in [0.25, 0.3) is 0 Å². The average Bonchev–Trinajstić information content (AvgIpc) is 2.58. The monoisotopic (exact) mass is 335 g/mol. The highest BCUT2D eigenvalue weighted by Gasteiger charge is 2.08. The van der Waals surface area contributed by atoms with Gasteiger partial charge in [0.1, 0.15) is 11.6 Å². The van der Waals surface area contributed by atoms with Gasteiger partial charge in [-0.25, -0.2) is 8.78 Å². The number of hydrogen-bond donors (Lipinski definition) is 1. The van der Waals surface area contributed by atoms with Crippen molar-refractivity contribution >= 4 is 5.91 Å². The van der Waals surface area contributed by atoms with Crippen molar-refractivity contribution in [1.82, 2.24) is 5.32 Å². The SMILES string of the molecule is COc1ccc(CCC(=O)NCc2ccc(F)cc2F)cc1OC. The van der Waals surface area contributed by atoms with E-state index in [1.165, 1.54) is 6.07 Å². The predicted octanol–water partition coefficient (Wildman–Crippen LogP) is 3.23. The first-order chi connectivity index (χ1) is 11.5. The van der Waals surface area contributed by atoms with Gasteiger partial charge in [-0.3, -0.25) is 4.79 Å². The lowest BCUT2D eigenvalue weighted by atomic mass is 10.1. The Morgan fingerprint density at radius 3 is 2.46 bits per heavy atom. The molecule has 0 radical (unpaired) electrons. The van der Waals surface area contributed by atoms with E-state index in [1.54, 1.807) is 20.3 Å². The molecule has 0 heterocycles. The van der Waals surface area contributed by atoms with Gasteiger partial charge >= 0.3 is 0 Å². The quantitative estimate of drug-likeness (QED) is 0.845. The molecule has 0 bridgehead atoms. The van der Waals surface area contributed by atoms with Crippen LogP contribution >= 0.6 is 0 Å². The molecule has 128 valence electrons. The molecule has 2 aromatic rings. The third-order valence-corrected chi connectivity index (χ3v) is 3.58. The van der Waals surface area contributed by atoms with Crippen molar-refractivity contribution in [2.24, 2.45) is 0 Å². The topological polar surface area (TPSA) is 47.6 Å². The second-order valence-electron chi connectivity index (χ2n) is 5.20. The summed E-state index contributed by atoms with van der Waals surface area (Å²) in [6.07, 6.45) is 0.760. The van der Waals surface area contributed by atoms with E-state index in [0.717, 1.165) is 17.7 Å². The molecule has 1 N–H and O–H groups in total. The predicted molar refractivity (Wildman–Crippen MR) is 86.1 cm³/mol. The van der Waals surface area contributed by atoms with Crippen LogP contribution in [0.1, 0.15) is 17.5 Å². The summed E-state index contributed by atoms with van der Waals surface area (Å²) >= 11 is 0. The highest BCUT2D eigenvalue weighted by molar-refractivity contribution is 5.76. The van der Waals surface area contributed by atoms with Gasteiger partial charge < -0.3 is 14.8 Å². The number of halogens is 2. The normalized spacial score (nSPS) is 10.3. The van der Waals surface area contributed by atoms with E-state index in [0.29, 0.717) is 17.9 Å². The summed E-state index contributed by atoms with van der Waals surface area (Å²) in [5, 5.41) is 2.62. The molecular formula is C18H19F2NO3. The largest absolute Gasteiger partial charge is 0.493 e. The van der Waals surface area contributed by atoms with E-state index in [9.17, 15) is 13.6 Å². The molecule has 1 amide bonds. The van der Waals surface area contributed by atoms with Crippen molar-refractivity contribution < 1.29 is 23.0 Å². The summed E-state index contributed by atoms with van der Waals surface area (Å²) in [4.78, 5) is 11.9. The Kier molecular flexibility index (Phi) is 6.12. The van der Waals surface area contributed by atoms with Gasteiger partial charge in [-0.15, -0.1) is 0 Å². The summed E-state index contributed by atoms with van der Waals surface area (Å²) in [6.45, 7) is 0.0247. The third kappa shape index (κ3) is 4.68. The van der Waals surface area contributed by atoms with Crippen LogP contribution in [0.15, 0.2) is 36.4 Å². The molecule has 0 fully saturated rings. The molecule has 0 aliphatic rings. The van der Waals surface area contributed by atoms with Gasteiger partial charge in [-0.1, -0.05) is 12.1 Å². The highest BCUT2D eigenvalue weighted by Crippen LogP contribution is 2.27. The zero-order chi connectivity index (χ0) is 17.5. The second-order valence-corrected chi connectivity index (χ2v) is 5.20. The van der Waals surface area contributed by atoms with Gasteiger partial charge in [-0.2, -0.15) is 0 Å². The number of amides is 1. The zero-order valence-corrected chi connectivity index (χ0v) is 13.6. The number of nitrogens with one attached hydrogen (secondary N) is 1. The Morgan fingerprint density at radius 1 is 1.04 bits per heavy atom. The van der Waals surface area contributed by atoms with E-state index in [4.69, 9.17) is 9.47 Å². The van der Waals surface area contributed by atoms with Crippen LogP contribution < -0.4 is 14.8 Å². The maximum absolute atomic E-state index is 13.5. The minimum atomic E-state index is -0.671. The lowest BCUT2D eigenvalue weighted by Crippen LogP contribution is -2.23. The van der Waals surface area contributed by atoms with Crippen LogP contribution in [0.3, 0.4) is 0 Å². The Hall–Kier alpha value is -2.63. The van der Waals surface area contributed by atoms with Crippen LogP contribution in [0, 0.1) is 11.6 Å². The first-order valence-electron chi connectivity index (χ1n) is 7.45. The summed E-state index contributed by atoms with van der Waals surface area (Å²) in [5.74, 6) is -0.305. The molecule has 0 saturated carbocycles. The van der Waals surface area contributed by atoms with E-state index in [-0.39, 0.29) is 24.4 Å². The van der Waals surface area contributed by atoms with Crippen LogP contribution in [0.2, 0.25) is 0 Å². The number of aryl methyl sites for hydroxylation is 1. The fraction of sp³-hybridized carbons (Fsp3) is 0.278. The Labute approximate surface area is 139 Å². The van der Waals surface area contributed by atoms with Crippen molar-refractivity contribution in [3.63, 3.8) is 0 Å². The number of hydrogen-bond acceptors (Lipinski definition) is 3. The maximum atomic E-state index is 13.5. The molecule has 0 aliphatic heterocycles. The fourth-order valence-corrected chi connectivity index (χ4v) is 2.24. The van der Waals surface area contributed by atoms with Crippen molar-refractivity contribution in [3.05, 3.63) is 59.2 Å². The molecule has 0 aliphatic carbocycles. The highest BCUT2D eigenvalue weighted by atomic mass is 19.1. The maximum Gasteiger partial charge on any atom is 0.220 e. The van der Waals surface area contributed by atoms with Crippen molar-refractivity contribution in [1.29, 1.82) is 0 Å².